The number of hydrogen-bond donors (Lipinski definition) is 0. The Balaban J connectivity index is 2.07. The maximum Gasteiger partial charge on any atom is 0.146 e. The molecule has 0 saturated carbocycles. The Labute approximate surface area is 128 Å². The second kappa shape index (κ2) is 5.77. The molecule has 0 bridgehead atoms. The van der Waals surface area contributed by atoms with Gasteiger partial charge in [0.25, 0.3) is 0 Å². The quantitative estimate of drug-likeness (QED) is 0.680. The predicted octanol–water partition coefficient (Wildman–Crippen LogP) is 3.24. The summed E-state index contributed by atoms with van der Waals surface area (Å²) in [6, 6.07) is 6.15. The van der Waals surface area contributed by atoms with E-state index in [9.17, 15) is 0 Å². The summed E-state index contributed by atoms with van der Waals surface area (Å²) in [6.07, 6.45) is 5.55. The van der Waals surface area contributed by atoms with Gasteiger partial charge in [-0.05, 0) is 19.1 Å². The van der Waals surface area contributed by atoms with Crippen LogP contribution in [0.3, 0.4) is 0 Å². The van der Waals surface area contributed by atoms with Crippen LogP contribution in [0, 0.1) is 0 Å². The van der Waals surface area contributed by atoms with Gasteiger partial charge >= 0.3 is 0 Å². The number of ether oxygens (including phenoxy) is 1. The van der Waals surface area contributed by atoms with Gasteiger partial charge in [0.05, 0.1) is 30.9 Å². The van der Waals surface area contributed by atoms with Crippen molar-refractivity contribution in [3.8, 4) is 5.75 Å². The van der Waals surface area contributed by atoms with E-state index in [1.807, 2.05) is 30.7 Å². The third-order valence-corrected chi connectivity index (χ3v) is 3.81. The van der Waals surface area contributed by atoms with Gasteiger partial charge in [0, 0.05) is 18.9 Å². The molecule has 0 spiro atoms. The number of halogens is 1. The minimum Gasteiger partial charge on any atom is -0.494 e. The summed E-state index contributed by atoms with van der Waals surface area (Å²) in [5.74, 6) is 1.99. The molecule has 5 nitrogen and oxygen atoms in total. The highest BCUT2D eigenvalue weighted by atomic mass is 35.5. The van der Waals surface area contributed by atoms with E-state index in [1.54, 1.807) is 13.3 Å². The molecule has 0 amide bonds. The maximum absolute atomic E-state index is 6.08. The number of imidazole rings is 2. The zero-order chi connectivity index (χ0) is 14.8. The van der Waals surface area contributed by atoms with Crippen molar-refractivity contribution >= 4 is 22.6 Å². The van der Waals surface area contributed by atoms with Crippen LogP contribution in [-0.4, -0.2) is 26.2 Å². The molecule has 1 aromatic carbocycles. The minimum atomic E-state index is 0.213. The average molecular weight is 305 g/mol. The van der Waals surface area contributed by atoms with E-state index in [4.69, 9.17) is 16.3 Å². The standard InChI is InChI=1S/C15H17ClN4O/c1-11(9-19-7-6-17-10-19)20-12-4-3-5-13(21-2)15(12)18-14(20)8-16/h3-7,10-11H,8-9H2,1-2H3. The van der Waals surface area contributed by atoms with Crippen LogP contribution in [0.15, 0.2) is 36.9 Å². The fourth-order valence-electron chi connectivity index (χ4n) is 2.67. The van der Waals surface area contributed by atoms with Crippen LogP contribution in [0.4, 0.5) is 0 Å². The van der Waals surface area contributed by atoms with E-state index in [0.717, 1.165) is 29.2 Å². The number of benzene rings is 1. The number of alkyl halides is 1. The Morgan fingerprint density at radius 2 is 2.24 bits per heavy atom. The van der Waals surface area contributed by atoms with Crippen LogP contribution < -0.4 is 4.74 Å². The van der Waals surface area contributed by atoms with Gasteiger partial charge in [-0.1, -0.05) is 6.07 Å². The van der Waals surface area contributed by atoms with Crippen molar-refractivity contribution < 1.29 is 4.74 Å². The molecule has 0 aliphatic carbocycles. The van der Waals surface area contributed by atoms with Crippen LogP contribution in [0.5, 0.6) is 5.75 Å². The zero-order valence-corrected chi connectivity index (χ0v) is 12.8. The van der Waals surface area contributed by atoms with Crippen molar-refractivity contribution in [1.82, 2.24) is 19.1 Å². The minimum absolute atomic E-state index is 0.213. The maximum atomic E-state index is 6.08. The Hall–Kier alpha value is -2.01. The first kappa shape index (κ1) is 13.9. The van der Waals surface area contributed by atoms with Crippen LogP contribution >= 0.6 is 11.6 Å². The molecule has 3 rings (SSSR count). The Bertz CT molecular complexity index is 736. The number of methoxy groups -OCH3 is 1. The highest BCUT2D eigenvalue weighted by Crippen LogP contribution is 2.29. The summed E-state index contributed by atoms with van der Waals surface area (Å²) < 4.78 is 9.61. The molecule has 21 heavy (non-hydrogen) atoms. The lowest BCUT2D eigenvalue weighted by molar-refractivity contribution is 0.419. The fraction of sp³-hybridized carbons (Fsp3) is 0.333. The first-order chi connectivity index (χ1) is 10.2. The average Bonchev–Trinajstić information content (AvgIpc) is 3.12. The summed E-state index contributed by atoms with van der Waals surface area (Å²) in [7, 11) is 1.66. The van der Waals surface area contributed by atoms with Gasteiger partial charge in [-0.25, -0.2) is 9.97 Å². The monoisotopic (exact) mass is 304 g/mol. The lowest BCUT2D eigenvalue weighted by Crippen LogP contribution is -2.14. The highest BCUT2D eigenvalue weighted by molar-refractivity contribution is 6.16. The lowest BCUT2D eigenvalue weighted by atomic mass is 10.2. The molecule has 1 unspecified atom stereocenters. The molecule has 1 atom stereocenters. The molecule has 110 valence electrons. The van der Waals surface area contributed by atoms with E-state index in [0.29, 0.717) is 5.88 Å². The van der Waals surface area contributed by atoms with Gasteiger partial charge < -0.3 is 13.9 Å². The van der Waals surface area contributed by atoms with Crippen molar-refractivity contribution in [3.05, 3.63) is 42.7 Å². The Kier molecular flexibility index (Phi) is 3.84. The highest BCUT2D eigenvalue weighted by Gasteiger charge is 2.17. The second-order valence-corrected chi connectivity index (χ2v) is 5.24. The van der Waals surface area contributed by atoms with Crippen molar-refractivity contribution in [2.45, 2.75) is 25.4 Å². The third-order valence-electron chi connectivity index (χ3n) is 3.57. The molecule has 2 aromatic heterocycles. The van der Waals surface area contributed by atoms with Gasteiger partial charge in [-0.2, -0.15) is 0 Å². The van der Waals surface area contributed by atoms with E-state index >= 15 is 0 Å². The van der Waals surface area contributed by atoms with Crippen LogP contribution in [0.25, 0.3) is 11.0 Å². The summed E-state index contributed by atoms with van der Waals surface area (Å²) in [6.45, 7) is 2.96. The van der Waals surface area contributed by atoms with Gasteiger partial charge in [-0.3, -0.25) is 0 Å². The van der Waals surface area contributed by atoms with Crippen molar-refractivity contribution in [2.75, 3.05) is 7.11 Å². The summed E-state index contributed by atoms with van der Waals surface area (Å²) in [4.78, 5) is 8.71. The Morgan fingerprint density at radius 3 is 2.90 bits per heavy atom. The topological polar surface area (TPSA) is 44.9 Å². The molecule has 0 radical (unpaired) electrons. The molecule has 0 aliphatic rings. The third kappa shape index (κ3) is 2.49. The molecule has 2 heterocycles. The largest absolute Gasteiger partial charge is 0.494 e. The van der Waals surface area contributed by atoms with E-state index in [1.165, 1.54) is 0 Å². The first-order valence-electron chi connectivity index (χ1n) is 6.80. The number of para-hydroxylation sites is 1. The summed E-state index contributed by atoms with van der Waals surface area (Å²) >= 11 is 6.08. The molecule has 3 aromatic rings. The van der Waals surface area contributed by atoms with Crippen molar-refractivity contribution in [1.29, 1.82) is 0 Å². The van der Waals surface area contributed by atoms with Crippen molar-refractivity contribution in [3.63, 3.8) is 0 Å². The fourth-order valence-corrected chi connectivity index (χ4v) is 2.86. The van der Waals surface area contributed by atoms with Gasteiger partial charge in [0.1, 0.15) is 17.1 Å². The lowest BCUT2D eigenvalue weighted by Gasteiger charge is -2.17. The van der Waals surface area contributed by atoms with Crippen molar-refractivity contribution in [2.24, 2.45) is 0 Å². The smallest absolute Gasteiger partial charge is 0.146 e. The normalized spacial score (nSPS) is 12.7. The number of fused-ring (bicyclic) bond motifs is 1. The second-order valence-electron chi connectivity index (χ2n) is 4.97. The molecule has 0 fully saturated rings. The number of nitrogens with zero attached hydrogens (tertiary/aromatic N) is 4. The molecule has 0 saturated heterocycles. The molecule has 0 aliphatic heterocycles. The molecular weight excluding hydrogens is 288 g/mol. The number of rotatable bonds is 5. The number of aromatic nitrogens is 4. The van der Waals surface area contributed by atoms with Gasteiger partial charge in [0.2, 0.25) is 0 Å². The first-order valence-corrected chi connectivity index (χ1v) is 7.33. The van der Waals surface area contributed by atoms with Crippen LogP contribution in [-0.2, 0) is 12.4 Å². The van der Waals surface area contributed by atoms with E-state index in [-0.39, 0.29) is 6.04 Å². The molecule has 0 N–H and O–H groups in total. The predicted molar refractivity (Wildman–Crippen MR) is 82.8 cm³/mol. The number of hydrogen-bond acceptors (Lipinski definition) is 3. The Morgan fingerprint density at radius 1 is 1.38 bits per heavy atom. The molecular formula is C15H17ClN4O. The van der Waals surface area contributed by atoms with E-state index < -0.39 is 0 Å². The summed E-state index contributed by atoms with van der Waals surface area (Å²) in [5, 5.41) is 0. The van der Waals surface area contributed by atoms with E-state index in [2.05, 4.69) is 26.0 Å². The van der Waals surface area contributed by atoms with Gasteiger partial charge in [0.15, 0.2) is 0 Å². The SMILES string of the molecule is COc1cccc2c1nc(CCl)n2C(C)Cn1ccnc1. The summed E-state index contributed by atoms with van der Waals surface area (Å²) in [5.41, 5.74) is 1.89. The zero-order valence-electron chi connectivity index (χ0n) is 12.0. The van der Waals surface area contributed by atoms with Crippen LogP contribution in [0.1, 0.15) is 18.8 Å². The van der Waals surface area contributed by atoms with Crippen LogP contribution in [0.2, 0.25) is 0 Å². The molecule has 6 heteroatoms. The van der Waals surface area contributed by atoms with Gasteiger partial charge in [-0.15, -0.1) is 11.6 Å².